The van der Waals surface area contributed by atoms with Gasteiger partial charge in [0.05, 0.1) is 5.75 Å². The molecular weight excluding hydrogens is 405 g/mol. The highest BCUT2D eigenvalue weighted by atomic mass is 35.5. The molecule has 140 valence electrons. The van der Waals surface area contributed by atoms with Crippen molar-refractivity contribution in [3.8, 4) is 0 Å². The fourth-order valence-electron chi connectivity index (χ4n) is 2.46. The molecule has 0 saturated heterocycles. The van der Waals surface area contributed by atoms with Crippen molar-refractivity contribution < 1.29 is 13.4 Å². The standard InChI is InChI=1S/C20H17Cl2NO3S/c21-16-7-5-14(6-8-16)12-27(25)13-17-9-10-19(26-17)20(24)23-11-15-3-1-2-4-18(15)22/h1-10H,11-13H2,(H,23,24)/t27-/m1/s1. The molecule has 0 aliphatic rings. The molecule has 1 N–H and O–H groups in total. The normalized spacial score (nSPS) is 11.9. The Morgan fingerprint density at radius 1 is 0.963 bits per heavy atom. The molecule has 1 aromatic heterocycles. The van der Waals surface area contributed by atoms with E-state index in [2.05, 4.69) is 5.32 Å². The quantitative estimate of drug-likeness (QED) is 0.585. The van der Waals surface area contributed by atoms with Gasteiger partial charge >= 0.3 is 0 Å². The molecule has 0 fully saturated rings. The third-order valence-corrected chi connectivity index (χ3v) is 5.71. The third-order valence-electron chi connectivity index (χ3n) is 3.83. The summed E-state index contributed by atoms with van der Waals surface area (Å²) in [5.41, 5.74) is 1.75. The lowest BCUT2D eigenvalue weighted by atomic mass is 10.2. The average Bonchev–Trinajstić information content (AvgIpc) is 3.11. The first-order valence-corrected chi connectivity index (χ1v) is 10.5. The van der Waals surface area contributed by atoms with Crippen molar-refractivity contribution in [1.82, 2.24) is 5.32 Å². The highest BCUT2D eigenvalue weighted by Crippen LogP contribution is 2.16. The molecule has 0 aliphatic heterocycles. The number of carbonyl (C=O) groups is 1. The number of furan rings is 1. The fourth-order valence-corrected chi connectivity index (χ4v) is 3.93. The van der Waals surface area contributed by atoms with Crippen LogP contribution in [0.1, 0.15) is 27.4 Å². The molecule has 0 saturated carbocycles. The molecule has 0 bridgehead atoms. The van der Waals surface area contributed by atoms with Crippen LogP contribution in [-0.2, 0) is 28.9 Å². The topological polar surface area (TPSA) is 59.3 Å². The molecule has 2 aromatic carbocycles. The van der Waals surface area contributed by atoms with Gasteiger partial charge in [0.1, 0.15) is 5.76 Å². The summed E-state index contributed by atoms with van der Waals surface area (Å²) in [7, 11) is -1.15. The molecule has 3 aromatic rings. The van der Waals surface area contributed by atoms with Crippen molar-refractivity contribution in [2.75, 3.05) is 0 Å². The Balaban J connectivity index is 1.54. The molecule has 7 heteroatoms. The largest absolute Gasteiger partial charge is 0.455 e. The lowest BCUT2D eigenvalue weighted by Gasteiger charge is -2.05. The van der Waals surface area contributed by atoms with Crippen LogP contribution < -0.4 is 5.32 Å². The number of hydrogen-bond acceptors (Lipinski definition) is 3. The van der Waals surface area contributed by atoms with Crippen molar-refractivity contribution >= 4 is 39.9 Å². The summed E-state index contributed by atoms with van der Waals surface area (Å²) in [5, 5.41) is 4.00. The average molecular weight is 422 g/mol. The molecule has 0 aliphatic carbocycles. The molecule has 0 spiro atoms. The van der Waals surface area contributed by atoms with E-state index in [9.17, 15) is 9.00 Å². The number of halogens is 2. The zero-order valence-electron chi connectivity index (χ0n) is 14.3. The van der Waals surface area contributed by atoms with Crippen molar-refractivity contribution in [3.63, 3.8) is 0 Å². The zero-order chi connectivity index (χ0) is 19.2. The number of hydrogen-bond donors (Lipinski definition) is 1. The van der Waals surface area contributed by atoms with Crippen LogP contribution in [-0.4, -0.2) is 10.1 Å². The molecule has 4 nitrogen and oxygen atoms in total. The van der Waals surface area contributed by atoms with E-state index < -0.39 is 10.8 Å². The summed E-state index contributed by atoms with van der Waals surface area (Å²) in [6.45, 7) is 0.303. The van der Waals surface area contributed by atoms with Gasteiger partial charge in [0.25, 0.3) is 5.91 Å². The van der Waals surface area contributed by atoms with Gasteiger partial charge in [0, 0.05) is 33.1 Å². The first-order chi connectivity index (χ1) is 13.0. The van der Waals surface area contributed by atoms with E-state index in [1.54, 1.807) is 30.3 Å². The minimum absolute atomic E-state index is 0.181. The van der Waals surface area contributed by atoms with E-state index >= 15 is 0 Å². The SMILES string of the molecule is O=C(NCc1ccccc1Cl)c1ccc(C[S@](=O)Cc2ccc(Cl)cc2)o1. The summed E-state index contributed by atoms with van der Waals surface area (Å²) in [5.74, 6) is 0.974. The molecule has 1 amide bonds. The van der Waals surface area contributed by atoms with Gasteiger partial charge in [-0.3, -0.25) is 9.00 Å². The molecule has 0 radical (unpaired) electrons. The van der Waals surface area contributed by atoms with Crippen LogP contribution in [0, 0.1) is 0 Å². The number of amides is 1. The number of rotatable bonds is 7. The van der Waals surface area contributed by atoms with Gasteiger partial charge in [-0.25, -0.2) is 0 Å². The predicted molar refractivity (Wildman–Crippen MR) is 108 cm³/mol. The second-order valence-corrected chi connectivity index (χ2v) is 8.20. The Kier molecular flexibility index (Phi) is 6.72. The van der Waals surface area contributed by atoms with Gasteiger partial charge < -0.3 is 9.73 Å². The molecule has 3 rings (SSSR count). The Labute approximate surface area is 169 Å². The van der Waals surface area contributed by atoms with Crippen LogP contribution in [0.2, 0.25) is 10.0 Å². The lowest BCUT2D eigenvalue weighted by molar-refractivity contribution is 0.0921. The number of nitrogens with one attached hydrogen (secondary N) is 1. The van der Waals surface area contributed by atoms with Crippen molar-refractivity contribution in [2.45, 2.75) is 18.1 Å². The summed E-state index contributed by atoms with van der Waals surface area (Å²) >= 11 is 11.9. The minimum Gasteiger partial charge on any atom is -0.455 e. The maximum atomic E-state index is 12.3. The monoisotopic (exact) mass is 421 g/mol. The summed E-state index contributed by atoms with van der Waals surface area (Å²) in [6, 6.07) is 17.8. The van der Waals surface area contributed by atoms with Crippen molar-refractivity contribution in [2.24, 2.45) is 0 Å². The second kappa shape index (κ2) is 9.22. The number of carbonyl (C=O) groups excluding carboxylic acids is 1. The first kappa shape index (κ1) is 19.7. The van der Waals surface area contributed by atoms with E-state index in [4.69, 9.17) is 27.6 Å². The van der Waals surface area contributed by atoms with Crippen molar-refractivity contribution in [1.29, 1.82) is 0 Å². The summed E-state index contributed by atoms with van der Waals surface area (Å²) in [6.07, 6.45) is 0. The Bertz CT molecular complexity index is 954. The maximum Gasteiger partial charge on any atom is 0.287 e. The van der Waals surface area contributed by atoms with Crippen LogP contribution in [0.25, 0.3) is 0 Å². The van der Waals surface area contributed by atoms with Gasteiger partial charge in [-0.15, -0.1) is 0 Å². The van der Waals surface area contributed by atoms with E-state index in [1.165, 1.54) is 0 Å². The van der Waals surface area contributed by atoms with E-state index in [0.29, 0.717) is 28.1 Å². The smallest absolute Gasteiger partial charge is 0.287 e. The number of benzene rings is 2. The van der Waals surface area contributed by atoms with Crippen LogP contribution >= 0.6 is 23.2 Å². The maximum absolute atomic E-state index is 12.3. The van der Waals surface area contributed by atoms with Crippen molar-refractivity contribution in [3.05, 3.63) is 93.4 Å². The van der Waals surface area contributed by atoms with Gasteiger partial charge in [0.2, 0.25) is 0 Å². The van der Waals surface area contributed by atoms with Gasteiger partial charge in [-0.1, -0.05) is 53.5 Å². The molecule has 1 heterocycles. The van der Waals surface area contributed by atoms with E-state index in [0.717, 1.165) is 11.1 Å². The first-order valence-electron chi connectivity index (χ1n) is 8.21. The van der Waals surface area contributed by atoms with E-state index in [1.807, 2.05) is 30.3 Å². The minimum atomic E-state index is -1.15. The molecule has 0 unspecified atom stereocenters. The molecular formula is C20H17Cl2NO3S. The van der Waals surface area contributed by atoms with Crippen LogP contribution in [0.5, 0.6) is 0 Å². The highest BCUT2D eigenvalue weighted by molar-refractivity contribution is 7.83. The lowest BCUT2D eigenvalue weighted by Crippen LogP contribution is -2.22. The second-order valence-electron chi connectivity index (χ2n) is 5.90. The van der Waals surface area contributed by atoms with Crippen LogP contribution in [0.15, 0.2) is 65.1 Å². The fraction of sp³-hybridized carbons (Fsp3) is 0.150. The summed E-state index contributed by atoms with van der Waals surface area (Å²) < 4.78 is 17.8. The van der Waals surface area contributed by atoms with Gasteiger partial charge in [-0.2, -0.15) is 0 Å². The Hall–Kier alpha value is -2.08. The van der Waals surface area contributed by atoms with Crippen LogP contribution in [0.4, 0.5) is 0 Å². The molecule has 1 atom stereocenters. The van der Waals surface area contributed by atoms with E-state index in [-0.39, 0.29) is 17.4 Å². The van der Waals surface area contributed by atoms with Crippen LogP contribution in [0.3, 0.4) is 0 Å². The predicted octanol–water partition coefficient (Wildman–Crippen LogP) is 4.97. The van der Waals surface area contributed by atoms with Gasteiger partial charge in [0.15, 0.2) is 5.76 Å². The Morgan fingerprint density at radius 2 is 1.70 bits per heavy atom. The zero-order valence-corrected chi connectivity index (χ0v) is 16.6. The summed E-state index contributed by atoms with van der Waals surface area (Å²) in [4.78, 5) is 12.2. The molecule has 27 heavy (non-hydrogen) atoms. The highest BCUT2D eigenvalue weighted by Gasteiger charge is 2.13. The Morgan fingerprint density at radius 3 is 2.44 bits per heavy atom. The van der Waals surface area contributed by atoms with Gasteiger partial charge in [-0.05, 0) is 41.5 Å². The third kappa shape index (κ3) is 5.70.